The summed E-state index contributed by atoms with van der Waals surface area (Å²) in [6.07, 6.45) is -0.201. The van der Waals surface area contributed by atoms with Crippen LogP contribution in [-0.2, 0) is 17.8 Å². The third kappa shape index (κ3) is 6.84. The number of amides is 1. The van der Waals surface area contributed by atoms with Crippen LogP contribution in [0, 0.1) is 30.0 Å². The largest absolute Gasteiger partial charge is 0.369 e. The number of halogens is 2. The van der Waals surface area contributed by atoms with Crippen molar-refractivity contribution >= 4 is 17.3 Å². The van der Waals surface area contributed by atoms with Crippen LogP contribution in [0.5, 0.6) is 0 Å². The first-order valence-electron chi connectivity index (χ1n) is 10.1. The number of benzene rings is 2. The van der Waals surface area contributed by atoms with E-state index < -0.39 is 17.5 Å². The smallest absolute Gasteiger partial charge is 0.239 e. The van der Waals surface area contributed by atoms with Gasteiger partial charge in [0.1, 0.15) is 11.6 Å². The van der Waals surface area contributed by atoms with Crippen LogP contribution in [0.2, 0.25) is 0 Å². The lowest BCUT2D eigenvalue weighted by Crippen LogP contribution is -2.32. The van der Waals surface area contributed by atoms with Gasteiger partial charge in [-0.25, -0.2) is 15.4 Å². The summed E-state index contributed by atoms with van der Waals surface area (Å²) in [7, 11) is 0. The number of hydrogen-bond acceptors (Lipinski definition) is 2. The highest BCUT2D eigenvalue weighted by atomic mass is 19.1. The molecule has 0 saturated heterocycles. The van der Waals surface area contributed by atoms with Gasteiger partial charge in [-0.3, -0.25) is 4.79 Å². The van der Waals surface area contributed by atoms with E-state index in [9.17, 15) is 13.6 Å². The summed E-state index contributed by atoms with van der Waals surface area (Å²) in [5, 5.41) is 2.88. The van der Waals surface area contributed by atoms with Crippen molar-refractivity contribution in [3.8, 4) is 0 Å². The molecule has 4 nitrogen and oxygen atoms in total. The van der Waals surface area contributed by atoms with Crippen molar-refractivity contribution in [2.75, 3.05) is 23.3 Å². The van der Waals surface area contributed by atoms with Gasteiger partial charge in [0.2, 0.25) is 12.5 Å². The number of nitrogens with one attached hydrogen (secondary N) is 1. The summed E-state index contributed by atoms with van der Waals surface area (Å²) in [6, 6.07) is 8.83. The maximum atomic E-state index is 13.9. The average Bonchev–Trinajstić information content (AvgIpc) is 2.63. The second-order valence-corrected chi connectivity index (χ2v) is 8.32. The normalized spacial score (nSPS) is 10.9. The van der Waals surface area contributed by atoms with Crippen molar-refractivity contribution in [1.29, 1.82) is 0 Å². The molecule has 2 rings (SSSR count). The van der Waals surface area contributed by atoms with Crippen LogP contribution in [0.4, 0.5) is 20.2 Å². The molecular formula is C24H29F2N3O. The topological polar surface area (TPSA) is 36.7 Å². The van der Waals surface area contributed by atoms with Crippen LogP contribution in [0.1, 0.15) is 38.8 Å². The molecule has 0 radical (unpaired) electrons. The molecular weight excluding hydrogens is 384 g/mol. The number of hydrogen-bond donors (Lipinski definition) is 1. The molecule has 0 atom stereocenters. The third-order valence-corrected chi connectivity index (χ3v) is 4.47. The first-order valence-corrected chi connectivity index (χ1v) is 10.1. The lowest BCUT2D eigenvalue weighted by atomic mass is 10.1. The molecule has 160 valence electrons. The van der Waals surface area contributed by atoms with Gasteiger partial charge in [0.25, 0.3) is 0 Å². The molecule has 1 N–H and O–H groups in total. The van der Waals surface area contributed by atoms with Crippen LogP contribution in [0.15, 0.2) is 36.4 Å². The van der Waals surface area contributed by atoms with Crippen molar-refractivity contribution < 1.29 is 13.6 Å². The molecule has 2 aromatic rings. The van der Waals surface area contributed by atoms with Crippen molar-refractivity contribution in [3.63, 3.8) is 0 Å². The van der Waals surface area contributed by atoms with Crippen molar-refractivity contribution in [3.05, 3.63) is 70.6 Å². The van der Waals surface area contributed by atoms with E-state index in [0.717, 1.165) is 36.5 Å². The minimum Gasteiger partial charge on any atom is -0.369 e. The number of carbonyl (C=O) groups excluding carboxylic acids is 1. The molecule has 6 heteroatoms. The summed E-state index contributed by atoms with van der Waals surface area (Å²) in [6.45, 7) is 17.5. The fourth-order valence-corrected chi connectivity index (χ4v) is 3.33. The highest BCUT2D eigenvalue weighted by molar-refractivity contribution is 5.95. The highest BCUT2D eigenvalue weighted by Gasteiger charge is 2.18. The molecule has 1 amide bonds. The van der Waals surface area contributed by atoms with Gasteiger partial charge in [-0.05, 0) is 41.7 Å². The number of nitrogens with zero attached hydrogens (tertiary/aromatic N) is 2. The van der Waals surface area contributed by atoms with Crippen LogP contribution < -0.4 is 10.2 Å². The van der Waals surface area contributed by atoms with Gasteiger partial charge in [-0.15, -0.1) is 0 Å². The summed E-state index contributed by atoms with van der Waals surface area (Å²) >= 11 is 0. The third-order valence-electron chi connectivity index (χ3n) is 4.47. The first kappa shape index (κ1) is 23.3. The Hall–Kier alpha value is -2.94. The van der Waals surface area contributed by atoms with E-state index in [1.54, 1.807) is 6.07 Å². The second kappa shape index (κ2) is 10.7. The Kier molecular flexibility index (Phi) is 8.35. The summed E-state index contributed by atoms with van der Waals surface area (Å²) < 4.78 is 27.1. The van der Waals surface area contributed by atoms with E-state index in [1.807, 2.05) is 12.1 Å². The van der Waals surface area contributed by atoms with E-state index in [-0.39, 0.29) is 18.5 Å². The predicted octanol–water partition coefficient (Wildman–Crippen LogP) is 5.68. The lowest BCUT2D eigenvalue weighted by molar-refractivity contribution is -0.115. The van der Waals surface area contributed by atoms with E-state index in [2.05, 4.69) is 42.8 Å². The van der Waals surface area contributed by atoms with Gasteiger partial charge in [-0.1, -0.05) is 33.8 Å². The minimum absolute atomic E-state index is 0.133. The molecule has 0 heterocycles. The molecule has 0 aliphatic rings. The monoisotopic (exact) mass is 413 g/mol. The van der Waals surface area contributed by atoms with Gasteiger partial charge in [-0.2, -0.15) is 0 Å². The standard InChI is InChI=1S/C24H29F2N3O/c1-16(2)14-29(15-17(3)4)23-9-6-18(13-27-5)10-22(23)28-24(30)11-19-7-8-20(25)12-21(19)26/h6-10,12,16-17H,11,13-15H2,1-4H3,(H,28,30). The van der Waals surface area contributed by atoms with Crippen LogP contribution in [0.25, 0.3) is 4.85 Å². The average molecular weight is 414 g/mol. The Bertz CT molecular complexity index is 909. The fourth-order valence-electron chi connectivity index (χ4n) is 3.33. The minimum atomic E-state index is -0.742. The molecule has 0 unspecified atom stereocenters. The van der Waals surface area contributed by atoms with Crippen molar-refractivity contribution in [1.82, 2.24) is 0 Å². The number of anilines is 2. The number of carbonyl (C=O) groups is 1. The van der Waals surface area contributed by atoms with E-state index in [0.29, 0.717) is 17.5 Å². The maximum Gasteiger partial charge on any atom is 0.239 e. The molecule has 0 aliphatic carbocycles. The highest BCUT2D eigenvalue weighted by Crippen LogP contribution is 2.29. The van der Waals surface area contributed by atoms with Gasteiger partial charge >= 0.3 is 0 Å². The molecule has 30 heavy (non-hydrogen) atoms. The van der Waals surface area contributed by atoms with Crippen molar-refractivity contribution in [2.24, 2.45) is 11.8 Å². The van der Waals surface area contributed by atoms with E-state index in [1.165, 1.54) is 6.07 Å². The Morgan fingerprint density at radius 1 is 1.07 bits per heavy atom. The quantitative estimate of drug-likeness (QED) is 0.537. The Morgan fingerprint density at radius 3 is 2.30 bits per heavy atom. The fraction of sp³-hybridized carbons (Fsp3) is 0.417. The molecule has 0 bridgehead atoms. The molecule has 0 aromatic heterocycles. The zero-order valence-corrected chi connectivity index (χ0v) is 18.0. The summed E-state index contributed by atoms with van der Waals surface area (Å²) in [5.74, 6) is -0.972. The summed E-state index contributed by atoms with van der Waals surface area (Å²) in [5.41, 5.74) is 2.41. The molecule has 0 spiro atoms. The van der Waals surface area contributed by atoms with Gasteiger partial charge in [0.15, 0.2) is 0 Å². The number of rotatable bonds is 9. The van der Waals surface area contributed by atoms with Crippen molar-refractivity contribution in [2.45, 2.75) is 40.7 Å². The second-order valence-electron chi connectivity index (χ2n) is 8.32. The molecule has 0 fully saturated rings. The zero-order chi connectivity index (χ0) is 22.3. The Morgan fingerprint density at radius 2 is 1.73 bits per heavy atom. The zero-order valence-electron chi connectivity index (χ0n) is 18.0. The molecule has 0 aliphatic heterocycles. The van der Waals surface area contributed by atoms with Crippen LogP contribution in [0.3, 0.4) is 0 Å². The maximum absolute atomic E-state index is 13.9. The van der Waals surface area contributed by atoms with Crippen LogP contribution >= 0.6 is 0 Å². The summed E-state index contributed by atoms with van der Waals surface area (Å²) in [4.78, 5) is 18.3. The SMILES string of the molecule is [C-]#[N+]Cc1ccc(N(CC(C)C)CC(C)C)c(NC(=O)Cc2ccc(F)cc2F)c1. The lowest BCUT2D eigenvalue weighted by Gasteiger charge is -2.30. The Labute approximate surface area is 177 Å². The van der Waals surface area contributed by atoms with Gasteiger partial charge in [0, 0.05) is 24.7 Å². The van der Waals surface area contributed by atoms with E-state index >= 15 is 0 Å². The van der Waals surface area contributed by atoms with Crippen LogP contribution in [-0.4, -0.2) is 19.0 Å². The molecule has 2 aromatic carbocycles. The van der Waals surface area contributed by atoms with E-state index in [4.69, 9.17) is 6.57 Å². The first-order chi connectivity index (χ1) is 14.2. The Balaban J connectivity index is 2.33. The predicted molar refractivity (Wildman–Crippen MR) is 117 cm³/mol. The van der Waals surface area contributed by atoms with Gasteiger partial charge in [0.05, 0.1) is 17.8 Å². The van der Waals surface area contributed by atoms with Gasteiger partial charge < -0.3 is 15.1 Å². The molecule has 0 saturated carbocycles.